The van der Waals surface area contributed by atoms with Crippen molar-refractivity contribution in [3.8, 4) is 11.5 Å². The van der Waals surface area contributed by atoms with Crippen LogP contribution in [0.3, 0.4) is 0 Å². The van der Waals surface area contributed by atoms with E-state index in [0.29, 0.717) is 0 Å². The summed E-state index contributed by atoms with van der Waals surface area (Å²) in [5.74, 6) is 1.53. The number of likely N-dealkylation sites (N-methyl/N-ethyl adjacent to an activating group) is 1. The second-order valence-corrected chi connectivity index (χ2v) is 4.93. The predicted molar refractivity (Wildman–Crippen MR) is 74.4 cm³/mol. The standard InChI is InChI=1S/C14H24N2O2/c1-14(2,15-3)10-16-9-11-6-7-12(17-4)13(8-11)18-5/h6-8,15-16H,9-10H2,1-5H3. The number of rotatable bonds is 7. The number of ether oxygens (including phenoxy) is 2. The zero-order valence-electron chi connectivity index (χ0n) is 12.0. The number of hydrogen-bond acceptors (Lipinski definition) is 4. The van der Waals surface area contributed by atoms with Crippen molar-refractivity contribution in [2.24, 2.45) is 0 Å². The van der Waals surface area contributed by atoms with Gasteiger partial charge in [-0.15, -0.1) is 0 Å². The third kappa shape index (κ3) is 4.20. The SMILES string of the molecule is CNC(C)(C)CNCc1ccc(OC)c(OC)c1. The number of hydrogen-bond donors (Lipinski definition) is 2. The normalized spacial score (nSPS) is 11.4. The fourth-order valence-corrected chi connectivity index (χ4v) is 1.60. The van der Waals surface area contributed by atoms with Gasteiger partial charge in [0.1, 0.15) is 0 Å². The van der Waals surface area contributed by atoms with Crippen LogP contribution in [0.15, 0.2) is 18.2 Å². The smallest absolute Gasteiger partial charge is 0.161 e. The van der Waals surface area contributed by atoms with Gasteiger partial charge < -0.3 is 20.1 Å². The highest BCUT2D eigenvalue weighted by molar-refractivity contribution is 5.42. The second-order valence-electron chi connectivity index (χ2n) is 4.93. The summed E-state index contributed by atoms with van der Waals surface area (Å²) in [5.41, 5.74) is 1.27. The van der Waals surface area contributed by atoms with E-state index in [4.69, 9.17) is 9.47 Å². The minimum Gasteiger partial charge on any atom is -0.493 e. The average molecular weight is 252 g/mol. The van der Waals surface area contributed by atoms with Crippen LogP contribution >= 0.6 is 0 Å². The van der Waals surface area contributed by atoms with E-state index >= 15 is 0 Å². The van der Waals surface area contributed by atoms with Crippen LogP contribution in [0.2, 0.25) is 0 Å². The number of nitrogens with one attached hydrogen (secondary N) is 2. The topological polar surface area (TPSA) is 42.5 Å². The molecular weight excluding hydrogens is 228 g/mol. The third-order valence-electron chi connectivity index (χ3n) is 3.02. The molecule has 1 rings (SSSR count). The van der Waals surface area contributed by atoms with Crippen molar-refractivity contribution in [1.82, 2.24) is 10.6 Å². The van der Waals surface area contributed by atoms with Gasteiger partial charge in [-0.05, 0) is 38.6 Å². The van der Waals surface area contributed by atoms with Gasteiger partial charge in [-0.3, -0.25) is 0 Å². The lowest BCUT2D eigenvalue weighted by molar-refractivity contribution is 0.354. The first-order valence-corrected chi connectivity index (χ1v) is 6.13. The molecule has 2 N–H and O–H groups in total. The maximum atomic E-state index is 5.28. The van der Waals surface area contributed by atoms with Crippen molar-refractivity contribution in [1.29, 1.82) is 0 Å². The Morgan fingerprint density at radius 2 is 1.78 bits per heavy atom. The van der Waals surface area contributed by atoms with E-state index in [1.807, 2.05) is 25.2 Å². The van der Waals surface area contributed by atoms with Crippen molar-refractivity contribution < 1.29 is 9.47 Å². The third-order valence-corrected chi connectivity index (χ3v) is 3.02. The lowest BCUT2D eigenvalue weighted by atomic mass is 10.1. The van der Waals surface area contributed by atoms with Gasteiger partial charge >= 0.3 is 0 Å². The Bertz CT molecular complexity index is 378. The van der Waals surface area contributed by atoms with E-state index in [-0.39, 0.29) is 5.54 Å². The Morgan fingerprint density at radius 3 is 2.33 bits per heavy atom. The molecule has 0 radical (unpaired) electrons. The highest BCUT2D eigenvalue weighted by atomic mass is 16.5. The summed E-state index contributed by atoms with van der Waals surface area (Å²) in [7, 11) is 5.27. The number of methoxy groups -OCH3 is 2. The van der Waals surface area contributed by atoms with Crippen LogP contribution in [-0.2, 0) is 6.54 Å². The molecule has 0 spiro atoms. The molecule has 1 aromatic carbocycles. The summed E-state index contributed by atoms with van der Waals surface area (Å²) in [6.45, 7) is 6.03. The van der Waals surface area contributed by atoms with E-state index < -0.39 is 0 Å². The summed E-state index contributed by atoms with van der Waals surface area (Å²) >= 11 is 0. The molecule has 0 saturated carbocycles. The second kappa shape index (κ2) is 6.61. The summed E-state index contributed by atoms with van der Waals surface area (Å²) in [4.78, 5) is 0. The molecule has 0 aliphatic carbocycles. The van der Waals surface area contributed by atoms with E-state index in [1.165, 1.54) is 5.56 Å². The van der Waals surface area contributed by atoms with Gasteiger partial charge in [-0.1, -0.05) is 6.07 Å². The molecule has 0 aliphatic heterocycles. The Morgan fingerprint density at radius 1 is 1.11 bits per heavy atom. The van der Waals surface area contributed by atoms with Crippen molar-refractivity contribution in [2.45, 2.75) is 25.9 Å². The van der Waals surface area contributed by atoms with Crippen molar-refractivity contribution in [3.05, 3.63) is 23.8 Å². The van der Waals surface area contributed by atoms with Crippen LogP contribution in [0, 0.1) is 0 Å². The molecular formula is C14H24N2O2. The van der Waals surface area contributed by atoms with E-state index in [9.17, 15) is 0 Å². The monoisotopic (exact) mass is 252 g/mol. The molecule has 102 valence electrons. The minimum absolute atomic E-state index is 0.0938. The summed E-state index contributed by atoms with van der Waals surface area (Å²) in [6.07, 6.45) is 0. The highest BCUT2D eigenvalue weighted by Gasteiger charge is 2.13. The highest BCUT2D eigenvalue weighted by Crippen LogP contribution is 2.27. The molecule has 0 heterocycles. The molecule has 18 heavy (non-hydrogen) atoms. The lowest BCUT2D eigenvalue weighted by Crippen LogP contribution is -2.45. The molecule has 0 amide bonds. The Balaban J connectivity index is 2.58. The van der Waals surface area contributed by atoms with Gasteiger partial charge in [-0.25, -0.2) is 0 Å². The molecule has 0 aromatic heterocycles. The molecule has 0 bridgehead atoms. The molecule has 0 aliphatic rings. The van der Waals surface area contributed by atoms with Crippen LogP contribution in [0.5, 0.6) is 11.5 Å². The fourth-order valence-electron chi connectivity index (χ4n) is 1.60. The molecule has 0 fully saturated rings. The van der Waals surface area contributed by atoms with Gasteiger partial charge in [0.15, 0.2) is 11.5 Å². The van der Waals surface area contributed by atoms with Gasteiger partial charge in [-0.2, -0.15) is 0 Å². The summed E-state index contributed by atoms with van der Waals surface area (Å²) < 4.78 is 10.5. The first kappa shape index (κ1) is 14.8. The van der Waals surface area contributed by atoms with Gasteiger partial charge in [0.05, 0.1) is 14.2 Å². The zero-order valence-corrected chi connectivity index (χ0v) is 12.0. The minimum atomic E-state index is 0.0938. The molecule has 4 nitrogen and oxygen atoms in total. The Kier molecular flexibility index (Phi) is 5.44. The Hall–Kier alpha value is -1.26. The fraction of sp³-hybridized carbons (Fsp3) is 0.571. The van der Waals surface area contributed by atoms with Crippen LogP contribution < -0.4 is 20.1 Å². The number of benzene rings is 1. The van der Waals surface area contributed by atoms with E-state index in [0.717, 1.165) is 24.6 Å². The lowest BCUT2D eigenvalue weighted by Gasteiger charge is -2.24. The van der Waals surface area contributed by atoms with Crippen molar-refractivity contribution >= 4 is 0 Å². The average Bonchev–Trinajstić information content (AvgIpc) is 2.38. The van der Waals surface area contributed by atoms with Gasteiger partial charge in [0.25, 0.3) is 0 Å². The van der Waals surface area contributed by atoms with Gasteiger partial charge in [0, 0.05) is 18.6 Å². The largest absolute Gasteiger partial charge is 0.493 e. The Labute approximate surface area is 110 Å². The molecule has 1 aromatic rings. The quantitative estimate of drug-likeness (QED) is 0.776. The first-order valence-electron chi connectivity index (χ1n) is 6.13. The van der Waals surface area contributed by atoms with Gasteiger partial charge in [0.2, 0.25) is 0 Å². The molecule has 4 heteroatoms. The maximum absolute atomic E-state index is 5.28. The molecule has 0 unspecified atom stereocenters. The maximum Gasteiger partial charge on any atom is 0.161 e. The summed E-state index contributed by atoms with van der Waals surface area (Å²) in [5, 5.41) is 6.68. The van der Waals surface area contributed by atoms with Crippen LogP contribution in [0.4, 0.5) is 0 Å². The zero-order chi connectivity index (χ0) is 13.6. The van der Waals surface area contributed by atoms with Crippen molar-refractivity contribution in [3.63, 3.8) is 0 Å². The predicted octanol–water partition coefficient (Wildman–Crippen LogP) is 1.79. The van der Waals surface area contributed by atoms with E-state index in [2.05, 4.69) is 24.5 Å². The van der Waals surface area contributed by atoms with E-state index in [1.54, 1.807) is 14.2 Å². The summed E-state index contributed by atoms with van der Waals surface area (Å²) in [6, 6.07) is 5.97. The van der Waals surface area contributed by atoms with Crippen LogP contribution in [-0.4, -0.2) is 33.4 Å². The van der Waals surface area contributed by atoms with Crippen LogP contribution in [0.25, 0.3) is 0 Å². The molecule has 0 atom stereocenters. The van der Waals surface area contributed by atoms with Crippen molar-refractivity contribution in [2.75, 3.05) is 27.8 Å². The van der Waals surface area contributed by atoms with Crippen LogP contribution in [0.1, 0.15) is 19.4 Å². The molecule has 0 saturated heterocycles. The first-order chi connectivity index (χ1) is 8.52.